The van der Waals surface area contributed by atoms with E-state index < -0.39 is 11.9 Å². The smallest absolute Gasteiger partial charge is 0.330 e. The van der Waals surface area contributed by atoms with Crippen LogP contribution in [0.3, 0.4) is 0 Å². The van der Waals surface area contributed by atoms with Crippen LogP contribution in [0, 0.1) is 6.92 Å². The van der Waals surface area contributed by atoms with Gasteiger partial charge in [0.05, 0.1) is 12.8 Å². The maximum absolute atomic E-state index is 11.6. The number of hydrogen-bond acceptors (Lipinski definition) is 4. The van der Waals surface area contributed by atoms with Gasteiger partial charge in [0, 0.05) is 6.08 Å². The van der Waals surface area contributed by atoms with E-state index in [1.54, 1.807) is 25.1 Å². The molecule has 102 valence electrons. The second-order valence-electron chi connectivity index (χ2n) is 3.86. The zero-order valence-corrected chi connectivity index (χ0v) is 11.2. The number of aryl methyl sites for hydroxylation is 1. The average molecular weight is 263 g/mol. The predicted molar refractivity (Wildman–Crippen MR) is 72.1 cm³/mol. The first kappa shape index (κ1) is 14.8. The van der Waals surface area contributed by atoms with Gasteiger partial charge in [0.15, 0.2) is 6.61 Å². The molecule has 0 unspecified atom stereocenters. The van der Waals surface area contributed by atoms with Crippen LogP contribution in [-0.2, 0) is 14.3 Å². The van der Waals surface area contributed by atoms with E-state index in [2.05, 4.69) is 5.32 Å². The largest absolute Gasteiger partial charge is 0.495 e. The number of hydrogen-bond donors (Lipinski definition) is 1. The third kappa shape index (κ3) is 4.83. The molecule has 1 N–H and O–H groups in total. The number of rotatable bonds is 5. The average Bonchev–Trinajstić information content (AvgIpc) is 2.37. The third-order valence-corrected chi connectivity index (χ3v) is 2.28. The van der Waals surface area contributed by atoms with Crippen LogP contribution >= 0.6 is 0 Å². The quantitative estimate of drug-likeness (QED) is 0.652. The molecule has 0 atom stereocenters. The lowest BCUT2D eigenvalue weighted by Crippen LogP contribution is -2.20. The molecule has 19 heavy (non-hydrogen) atoms. The molecule has 0 aliphatic heterocycles. The topological polar surface area (TPSA) is 64.6 Å². The summed E-state index contributed by atoms with van der Waals surface area (Å²) in [7, 11) is 1.52. The number of methoxy groups -OCH3 is 1. The van der Waals surface area contributed by atoms with Crippen molar-refractivity contribution in [1.29, 1.82) is 0 Å². The minimum absolute atomic E-state index is 0.333. The molecule has 0 aliphatic carbocycles. The SMILES string of the molecule is C/C=C/C(=O)OCC(=O)Nc1cc(C)ccc1OC. The highest BCUT2D eigenvalue weighted by molar-refractivity contribution is 5.95. The molecule has 1 amide bonds. The molecular weight excluding hydrogens is 246 g/mol. The Balaban J connectivity index is 2.61. The first-order valence-electron chi connectivity index (χ1n) is 5.80. The summed E-state index contributed by atoms with van der Waals surface area (Å²) in [6.07, 6.45) is 2.80. The van der Waals surface area contributed by atoms with Crippen molar-refractivity contribution in [2.45, 2.75) is 13.8 Å². The van der Waals surface area contributed by atoms with Crippen LogP contribution in [-0.4, -0.2) is 25.6 Å². The number of carbonyl (C=O) groups excluding carboxylic acids is 2. The van der Waals surface area contributed by atoms with E-state index in [1.165, 1.54) is 13.2 Å². The Labute approximate surface area is 112 Å². The molecule has 0 saturated carbocycles. The standard InChI is InChI=1S/C14H17NO4/c1-4-5-14(17)19-9-13(16)15-11-8-10(2)6-7-12(11)18-3/h4-8H,9H2,1-3H3,(H,15,16)/b5-4+. The fraction of sp³-hybridized carbons (Fsp3) is 0.286. The van der Waals surface area contributed by atoms with E-state index in [0.717, 1.165) is 5.56 Å². The monoisotopic (exact) mass is 263 g/mol. The van der Waals surface area contributed by atoms with Gasteiger partial charge in [0.25, 0.3) is 5.91 Å². The van der Waals surface area contributed by atoms with Gasteiger partial charge in [-0.25, -0.2) is 4.79 Å². The number of anilines is 1. The highest BCUT2D eigenvalue weighted by Crippen LogP contribution is 2.24. The van der Waals surface area contributed by atoms with Gasteiger partial charge in [0.1, 0.15) is 5.75 Å². The Hall–Kier alpha value is -2.30. The second-order valence-corrected chi connectivity index (χ2v) is 3.86. The Morgan fingerprint density at radius 2 is 2.11 bits per heavy atom. The molecule has 1 aromatic rings. The van der Waals surface area contributed by atoms with Gasteiger partial charge in [-0.05, 0) is 31.5 Å². The number of carbonyl (C=O) groups is 2. The molecule has 0 aliphatic rings. The molecule has 0 radical (unpaired) electrons. The van der Waals surface area contributed by atoms with Crippen molar-refractivity contribution in [3.8, 4) is 5.75 Å². The minimum atomic E-state index is -0.547. The summed E-state index contributed by atoms with van der Waals surface area (Å²) in [4.78, 5) is 22.7. The summed E-state index contributed by atoms with van der Waals surface area (Å²) >= 11 is 0. The zero-order chi connectivity index (χ0) is 14.3. The molecule has 0 spiro atoms. The summed E-state index contributed by atoms with van der Waals surface area (Å²) < 4.78 is 9.87. The van der Waals surface area contributed by atoms with Crippen LogP contribution < -0.4 is 10.1 Å². The van der Waals surface area contributed by atoms with Crippen LogP contribution in [0.2, 0.25) is 0 Å². The van der Waals surface area contributed by atoms with Crippen molar-refractivity contribution < 1.29 is 19.1 Å². The zero-order valence-electron chi connectivity index (χ0n) is 11.2. The van der Waals surface area contributed by atoms with Crippen molar-refractivity contribution in [1.82, 2.24) is 0 Å². The molecular formula is C14H17NO4. The van der Waals surface area contributed by atoms with Crippen molar-refractivity contribution in [2.24, 2.45) is 0 Å². The summed E-state index contributed by atoms with van der Waals surface area (Å²) in [6, 6.07) is 5.42. The summed E-state index contributed by atoms with van der Waals surface area (Å²) in [6.45, 7) is 3.26. The molecule has 0 bridgehead atoms. The number of allylic oxidation sites excluding steroid dienone is 1. The number of esters is 1. The van der Waals surface area contributed by atoms with Crippen LogP contribution in [0.1, 0.15) is 12.5 Å². The molecule has 1 aromatic carbocycles. The van der Waals surface area contributed by atoms with Crippen LogP contribution in [0.25, 0.3) is 0 Å². The molecule has 0 fully saturated rings. The van der Waals surface area contributed by atoms with Gasteiger partial charge in [-0.2, -0.15) is 0 Å². The van der Waals surface area contributed by atoms with E-state index in [0.29, 0.717) is 11.4 Å². The van der Waals surface area contributed by atoms with E-state index in [9.17, 15) is 9.59 Å². The Kier molecular flexibility index (Phi) is 5.60. The van der Waals surface area contributed by atoms with E-state index in [1.807, 2.05) is 13.0 Å². The van der Waals surface area contributed by atoms with Crippen molar-refractivity contribution in [3.05, 3.63) is 35.9 Å². The normalized spacial score (nSPS) is 10.3. The lowest BCUT2D eigenvalue weighted by Gasteiger charge is -2.10. The van der Waals surface area contributed by atoms with Gasteiger partial charge < -0.3 is 14.8 Å². The maximum Gasteiger partial charge on any atom is 0.330 e. The molecule has 0 heterocycles. The number of ether oxygens (including phenoxy) is 2. The molecule has 0 saturated heterocycles. The minimum Gasteiger partial charge on any atom is -0.495 e. The first-order chi connectivity index (χ1) is 9.06. The number of amides is 1. The van der Waals surface area contributed by atoms with Crippen molar-refractivity contribution >= 4 is 17.6 Å². The van der Waals surface area contributed by atoms with E-state index in [4.69, 9.17) is 9.47 Å². The van der Waals surface area contributed by atoms with E-state index >= 15 is 0 Å². The van der Waals surface area contributed by atoms with Gasteiger partial charge in [-0.3, -0.25) is 4.79 Å². The number of nitrogens with one attached hydrogen (secondary N) is 1. The van der Waals surface area contributed by atoms with Gasteiger partial charge in [-0.1, -0.05) is 12.1 Å². The fourth-order valence-corrected chi connectivity index (χ4v) is 1.43. The molecule has 5 nitrogen and oxygen atoms in total. The third-order valence-electron chi connectivity index (χ3n) is 2.28. The molecule has 0 aromatic heterocycles. The van der Waals surface area contributed by atoms with Crippen molar-refractivity contribution in [3.63, 3.8) is 0 Å². The molecule has 5 heteroatoms. The van der Waals surface area contributed by atoms with E-state index in [-0.39, 0.29) is 6.61 Å². The Morgan fingerprint density at radius 1 is 1.37 bits per heavy atom. The lowest BCUT2D eigenvalue weighted by atomic mass is 10.2. The van der Waals surface area contributed by atoms with Crippen LogP contribution in [0.5, 0.6) is 5.75 Å². The highest BCUT2D eigenvalue weighted by Gasteiger charge is 2.09. The van der Waals surface area contributed by atoms with Gasteiger partial charge in [-0.15, -0.1) is 0 Å². The maximum atomic E-state index is 11.6. The Bertz CT molecular complexity index is 494. The van der Waals surface area contributed by atoms with Crippen LogP contribution in [0.4, 0.5) is 5.69 Å². The highest BCUT2D eigenvalue weighted by atomic mass is 16.5. The summed E-state index contributed by atoms with van der Waals surface area (Å²) in [5, 5.41) is 2.63. The van der Waals surface area contributed by atoms with Gasteiger partial charge in [0.2, 0.25) is 0 Å². The van der Waals surface area contributed by atoms with Gasteiger partial charge >= 0.3 is 5.97 Å². The van der Waals surface area contributed by atoms with Crippen molar-refractivity contribution in [2.75, 3.05) is 19.0 Å². The molecule has 1 rings (SSSR count). The number of benzene rings is 1. The second kappa shape index (κ2) is 7.20. The Morgan fingerprint density at radius 3 is 2.74 bits per heavy atom. The van der Waals surface area contributed by atoms with Crippen LogP contribution in [0.15, 0.2) is 30.4 Å². The predicted octanol–water partition coefficient (Wildman–Crippen LogP) is 2.06. The summed E-state index contributed by atoms with van der Waals surface area (Å²) in [5.41, 5.74) is 1.54. The lowest BCUT2D eigenvalue weighted by molar-refractivity contribution is -0.142. The first-order valence-corrected chi connectivity index (χ1v) is 5.80. The fourth-order valence-electron chi connectivity index (χ4n) is 1.43. The summed E-state index contributed by atoms with van der Waals surface area (Å²) in [5.74, 6) is -0.408.